The van der Waals surface area contributed by atoms with Gasteiger partial charge in [-0.1, -0.05) is 40.7 Å². The lowest BCUT2D eigenvalue weighted by Gasteiger charge is -2.24. The molecule has 32 heavy (non-hydrogen) atoms. The van der Waals surface area contributed by atoms with Crippen LogP contribution in [0.3, 0.4) is 0 Å². The molecule has 1 atom stereocenters. The molecule has 1 aliphatic heterocycles. The first-order valence-electron chi connectivity index (χ1n) is 9.90. The lowest BCUT2D eigenvalue weighted by molar-refractivity contribution is -0.140. The third-order valence-corrected chi connectivity index (χ3v) is 5.66. The summed E-state index contributed by atoms with van der Waals surface area (Å²) < 4.78 is 11.7. The summed E-state index contributed by atoms with van der Waals surface area (Å²) in [7, 11) is 0. The van der Waals surface area contributed by atoms with E-state index in [2.05, 4.69) is 22.5 Å². The fraction of sp³-hybridized carbons (Fsp3) is 0.120. The second kappa shape index (κ2) is 9.28. The number of nitrogens with zero attached hydrogens (tertiary/aromatic N) is 1. The Morgan fingerprint density at radius 3 is 2.47 bits per heavy atom. The van der Waals surface area contributed by atoms with Crippen molar-refractivity contribution in [3.05, 3.63) is 107 Å². The highest BCUT2D eigenvalue weighted by Gasteiger charge is 2.46. The van der Waals surface area contributed by atoms with Gasteiger partial charge < -0.3 is 19.2 Å². The van der Waals surface area contributed by atoms with E-state index in [4.69, 9.17) is 9.15 Å². The Hall–Kier alpha value is -3.58. The number of hydrogen-bond acceptors (Lipinski definition) is 5. The number of rotatable bonds is 7. The highest BCUT2D eigenvalue weighted by atomic mass is 79.9. The molecule has 3 aromatic rings. The average molecular weight is 494 g/mol. The number of halogens is 1. The maximum Gasteiger partial charge on any atom is 0.296 e. The number of carbonyl (C=O) groups is 2. The molecule has 0 radical (unpaired) electrons. The molecule has 1 fully saturated rings. The van der Waals surface area contributed by atoms with Gasteiger partial charge in [0.1, 0.15) is 23.9 Å². The summed E-state index contributed by atoms with van der Waals surface area (Å²) in [5, 5.41) is 11.1. The van der Waals surface area contributed by atoms with Crippen molar-refractivity contribution in [1.29, 1.82) is 0 Å². The zero-order valence-electron chi connectivity index (χ0n) is 17.0. The van der Waals surface area contributed by atoms with Gasteiger partial charge in [-0.15, -0.1) is 0 Å². The minimum Gasteiger partial charge on any atom is -0.507 e. The standard InChI is InChI=1S/C25H20BrNO5/c1-2-13-31-19-11-7-17(8-12-19)23(28)21-22(16-5-9-18(26)10-6-16)27(25(30)24(21)29)15-20-4-3-14-32-20/h2-12,14,22,28H,1,13,15H2/b23-21+. The van der Waals surface area contributed by atoms with E-state index < -0.39 is 17.7 Å². The Bertz CT molecular complexity index is 1160. The van der Waals surface area contributed by atoms with E-state index in [9.17, 15) is 14.7 Å². The topological polar surface area (TPSA) is 80.0 Å². The van der Waals surface area contributed by atoms with Crippen LogP contribution in [0.2, 0.25) is 0 Å². The molecular formula is C25H20BrNO5. The SMILES string of the molecule is C=CCOc1ccc(/C(O)=C2\C(=O)C(=O)N(Cc3ccco3)C2c2ccc(Br)cc2)cc1. The maximum absolute atomic E-state index is 13.0. The number of carbonyl (C=O) groups excluding carboxylic acids is 2. The molecule has 2 aromatic carbocycles. The zero-order valence-corrected chi connectivity index (χ0v) is 18.6. The molecule has 1 aromatic heterocycles. The lowest BCUT2D eigenvalue weighted by Crippen LogP contribution is -2.29. The lowest BCUT2D eigenvalue weighted by atomic mass is 9.95. The van der Waals surface area contributed by atoms with Crippen LogP contribution in [0.4, 0.5) is 0 Å². The number of hydrogen-bond donors (Lipinski definition) is 1. The monoisotopic (exact) mass is 493 g/mol. The molecule has 1 N–H and O–H groups in total. The predicted octanol–water partition coefficient (Wildman–Crippen LogP) is 5.23. The molecule has 0 spiro atoms. The Labute approximate surface area is 193 Å². The maximum atomic E-state index is 13.0. The molecule has 0 bridgehead atoms. The van der Waals surface area contributed by atoms with Crippen molar-refractivity contribution in [2.45, 2.75) is 12.6 Å². The van der Waals surface area contributed by atoms with Gasteiger partial charge in [-0.2, -0.15) is 0 Å². The fourth-order valence-corrected chi connectivity index (χ4v) is 3.89. The molecule has 162 valence electrons. The number of likely N-dealkylation sites (tertiary alicyclic amines) is 1. The molecule has 2 heterocycles. The predicted molar refractivity (Wildman–Crippen MR) is 123 cm³/mol. The van der Waals surface area contributed by atoms with Gasteiger partial charge in [0.15, 0.2) is 0 Å². The van der Waals surface area contributed by atoms with Crippen LogP contribution in [0.25, 0.3) is 5.76 Å². The number of ether oxygens (including phenoxy) is 1. The van der Waals surface area contributed by atoms with Gasteiger partial charge in [0, 0.05) is 10.0 Å². The summed E-state index contributed by atoms with van der Waals surface area (Å²) in [4.78, 5) is 27.4. The van der Waals surface area contributed by atoms with Gasteiger partial charge in [0.05, 0.1) is 24.4 Å². The number of benzene rings is 2. The molecule has 7 heteroatoms. The summed E-state index contributed by atoms with van der Waals surface area (Å²) in [6.07, 6.45) is 3.14. The van der Waals surface area contributed by atoms with Gasteiger partial charge in [0.25, 0.3) is 11.7 Å². The van der Waals surface area contributed by atoms with Crippen molar-refractivity contribution < 1.29 is 23.8 Å². The number of ketones is 1. The number of aliphatic hydroxyl groups is 1. The number of Topliss-reactive ketones (excluding diaryl/α,β-unsaturated/α-hetero) is 1. The molecule has 1 saturated heterocycles. The van der Waals surface area contributed by atoms with Crippen LogP contribution in [0, 0.1) is 0 Å². The molecular weight excluding hydrogens is 474 g/mol. The Morgan fingerprint density at radius 2 is 1.84 bits per heavy atom. The fourth-order valence-electron chi connectivity index (χ4n) is 3.62. The third kappa shape index (κ3) is 4.24. The van der Waals surface area contributed by atoms with Crippen molar-refractivity contribution in [1.82, 2.24) is 4.90 Å². The van der Waals surface area contributed by atoms with Crippen molar-refractivity contribution in [3.8, 4) is 5.75 Å². The molecule has 1 aliphatic rings. The van der Waals surface area contributed by atoms with Gasteiger partial charge >= 0.3 is 0 Å². The van der Waals surface area contributed by atoms with Gasteiger partial charge in [-0.3, -0.25) is 9.59 Å². The summed E-state index contributed by atoms with van der Waals surface area (Å²) in [5.74, 6) is -0.536. The summed E-state index contributed by atoms with van der Waals surface area (Å²) >= 11 is 3.40. The quantitative estimate of drug-likeness (QED) is 0.211. The van der Waals surface area contributed by atoms with E-state index in [1.807, 2.05) is 24.3 Å². The molecule has 0 saturated carbocycles. The second-order valence-corrected chi connectivity index (χ2v) is 8.10. The molecule has 4 rings (SSSR count). The molecule has 1 amide bonds. The first-order valence-corrected chi connectivity index (χ1v) is 10.7. The summed E-state index contributed by atoms with van der Waals surface area (Å²) in [5.41, 5.74) is 1.14. The molecule has 6 nitrogen and oxygen atoms in total. The number of amides is 1. The first kappa shape index (κ1) is 21.6. The highest BCUT2D eigenvalue weighted by molar-refractivity contribution is 9.10. The Kier molecular flexibility index (Phi) is 6.28. The Morgan fingerprint density at radius 1 is 1.12 bits per heavy atom. The number of aliphatic hydroxyl groups excluding tert-OH is 1. The van der Waals surface area contributed by atoms with E-state index >= 15 is 0 Å². The Balaban J connectivity index is 1.78. The second-order valence-electron chi connectivity index (χ2n) is 7.18. The summed E-state index contributed by atoms with van der Waals surface area (Å²) in [6.45, 7) is 4.06. The van der Waals surface area contributed by atoms with Crippen molar-refractivity contribution >= 4 is 33.4 Å². The van der Waals surface area contributed by atoms with E-state index in [1.54, 1.807) is 42.5 Å². The van der Waals surface area contributed by atoms with Gasteiger partial charge in [-0.05, 0) is 54.1 Å². The van der Waals surface area contributed by atoms with Crippen molar-refractivity contribution in [3.63, 3.8) is 0 Å². The highest BCUT2D eigenvalue weighted by Crippen LogP contribution is 2.40. The van der Waals surface area contributed by atoms with E-state index in [0.717, 1.165) is 4.47 Å². The minimum absolute atomic E-state index is 0.0311. The first-order chi connectivity index (χ1) is 15.5. The smallest absolute Gasteiger partial charge is 0.296 e. The molecule has 1 unspecified atom stereocenters. The van der Waals surface area contributed by atoms with Crippen molar-refractivity contribution in [2.24, 2.45) is 0 Å². The average Bonchev–Trinajstić information content (AvgIpc) is 3.41. The van der Waals surface area contributed by atoms with Crippen LogP contribution < -0.4 is 4.74 Å². The summed E-state index contributed by atoms with van der Waals surface area (Å²) in [6, 6.07) is 16.6. The van der Waals surface area contributed by atoms with Crippen molar-refractivity contribution in [2.75, 3.05) is 6.61 Å². The van der Waals surface area contributed by atoms with Gasteiger partial charge in [0.2, 0.25) is 0 Å². The van der Waals surface area contributed by atoms with Crippen LogP contribution in [0.5, 0.6) is 5.75 Å². The van der Waals surface area contributed by atoms with Crippen LogP contribution in [-0.4, -0.2) is 28.3 Å². The van der Waals surface area contributed by atoms with Crippen LogP contribution in [0.15, 0.2) is 94.0 Å². The molecule has 0 aliphatic carbocycles. The van der Waals surface area contributed by atoms with Crippen LogP contribution in [0.1, 0.15) is 22.9 Å². The van der Waals surface area contributed by atoms with Gasteiger partial charge in [-0.25, -0.2) is 0 Å². The van der Waals surface area contributed by atoms with E-state index in [-0.39, 0.29) is 17.9 Å². The largest absolute Gasteiger partial charge is 0.507 e. The number of furan rings is 1. The van der Waals surface area contributed by atoms with Crippen LogP contribution >= 0.6 is 15.9 Å². The normalized spacial score (nSPS) is 17.5. The zero-order chi connectivity index (χ0) is 22.7. The third-order valence-electron chi connectivity index (χ3n) is 5.13. The van der Waals surface area contributed by atoms with E-state index in [0.29, 0.717) is 29.2 Å². The van der Waals surface area contributed by atoms with E-state index in [1.165, 1.54) is 11.2 Å². The minimum atomic E-state index is -0.759. The van der Waals surface area contributed by atoms with Crippen LogP contribution in [-0.2, 0) is 16.1 Å².